The Labute approximate surface area is 160 Å². The number of hydrogen-bond donors (Lipinski definition) is 0. The Kier molecular flexibility index (Phi) is 10.5. The molecule has 0 aliphatic carbocycles. The van der Waals surface area contributed by atoms with Crippen molar-refractivity contribution in [3.05, 3.63) is 0 Å². The molecule has 4 heteroatoms. The van der Waals surface area contributed by atoms with E-state index < -0.39 is 13.6 Å². The van der Waals surface area contributed by atoms with E-state index in [2.05, 4.69) is 41.5 Å². The molecular weight excluding hydrogens is 371 g/mol. The molecule has 1 aliphatic heterocycles. The Bertz CT molecular complexity index is 345. The summed E-state index contributed by atoms with van der Waals surface area (Å²) in [5.41, 5.74) is 0. The third-order valence-electron chi connectivity index (χ3n) is 5.45. The summed E-state index contributed by atoms with van der Waals surface area (Å²) in [6.45, 7) is 15.6. The molecule has 25 heavy (non-hydrogen) atoms. The zero-order chi connectivity index (χ0) is 18.9. The van der Waals surface area contributed by atoms with Gasteiger partial charge < -0.3 is 0 Å². The number of rotatable bonds is 10. The molecule has 0 atom stereocenters. The van der Waals surface area contributed by atoms with E-state index >= 15 is 0 Å². The molecule has 3 nitrogen and oxygen atoms in total. The van der Waals surface area contributed by atoms with Crippen LogP contribution < -0.4 is 0 Å². The number of hydrogen-bond acceptors (Lipinski definition) is 2. The first-order chi connectivity index (χ1) is 11.7. The summed E-state index contributed by atoms with van der Waals surface area (Å²) in [4.78, 5) is 14.9. The van der Waals surface area contributed by atoms with Crippen LogP contribution in [0, 0.1) is 17.8 Å². The molecule has 0 radical (unpaired) electrons. The van der Waals surface area contributed by atoms with Crippen molar-refractivity contribution >= 4 is 19.7 Å². The molecule has 1 aliphatic rings. The molecule has 1 rings (SSSR count). The van der Waals surface area contributed by atoms with Gasteiger partial charge >= 0.3 is 160 Å². The third-order valence-corrected chi connectivity index (χ3v) is 14.3. The average molecular weight is 414 g/mol. The van der Waals surface area contributed by atoms with Crippen molar-refractivity contribution in [2.45, 2.75) is 95.8 Å². The molecule has 1 amide bonds. The van der Waals surface area contributed by atoms with Crippen LogP contribution in [0.1, 0.15) is 80.1 Å². The minimum atomic E-state index is -2.64. The molecule has 0 aromatic heterocycles. The van der Waals surface area contributed by atoms with Gasteiger partial charge in [0.05, 0.1) is 0 Å². The number of likely N-dealkylation sites (tertiary alicyclic amines) is 1. The quantitative estimate of drug-likeness (QED) is 0.373. The van der Waals surface area contributed by atoms with Crippen LogP contribution >= 0.6 is 0 Å². The Balaban J connectivity index is 2.86. The van der Waals surface area contributed by atoms with Crippen molar-refractivity contribution in [3.63, 3.8) is 0 Å². The maximum absolute atomic E-state index is 12.9. The van der Waals surface area contributed by atoms with Gasteiger partial charge in [-0.2, -0.15) is 0 Å². The van der Waals surface area contributed by atoms with E-state index in [0.717, 1.165) is 25.9 Å². The summed E-state index contributed by atoms with van der Waals surface area (Å²) < 4.78 is 6.50. The topological polar surface area (TPSA) is 29.5 Å². The van der Waals surface area contributed by atoms with E-state index in [4.69, 9.17) is 3.76 Å². The van der Waals surface area contributed by atoms with E-state index in [-0.39, 0.29) is 6.09 Å². The summed E-state index contributed by atoms with van der Waals surface area (Å²) >= 11 is -2.64. The van der Waals surface area contributed by atoms with Crippen molar-refractivity contribution < 1.29 is 8.56 Å². The number of carbonyl (C=O) groups excluding carboxylic acids is 1. The van der Waals surface area contributed by atoms with Gasteiger partial charge in [-0.05, 0) is 0 Å². The molecule has 1 saturated heterocycles. The second-order valence-corrected chi connectivity index (χ2v) is 17.9. The molecular formula is C21H43GeNO2. The molecule has 1 heterocycles. The van der Waals surface area contributed by atoms with Crippen molar-refractivity contribution in [2.24, 2.45) is 17.8 Å². The zero-order valence-electron chi connectivity index (χ0n) is 17.8. The fourth-order valence-electron chi connectivity index (χ4n) is 3.51. The van der Waals surface area contributed by atoms with Crippen LogP contribution in [0.5, 0.6) is 0 Å². The zero-order valence-corrected chi connectivity index (χ0v) is 19.9. The van der Waals surface area contributed by atoms with Gasteiger partial charge in [-0.1, -0.05) is 0 Å². The predicted octanol–water partition coefficient (Wildman–Crippen LogP) is 6.69. The summed E-state index contributed by atoms with van der Waals surface area (Å²) in [7, 11) is 0. The Hall–Kier alpha value is -0.187. The van der Waals surface area contributed by atoms with Gasteiger partial charge in [0.1, 0.15) is 0 Å². The van der Waals surface area contributed by atoms with Crippen LogP contribution in [-0.2, 0) is 3.76 Å². The number of piperidine rings is 1. The van der Waals surface area contributed by atoms with E-state index in [1.54, 1.807) is 0 Å². The Morgan fingerprint density at radius 1 is 0.800 bits per heavy atom. The van der Waals surface area contributed by atoms with Crippen molar-refractivity contribution in [3.8, 4) is 0 Å². The number of carbonyl (C=O) groups is 1. The van der Waals surface area contributed by atoms with Crippen LogP contribution in [0.15, 0.2) is 0 Å². The fourth-order valence-corrected chi connectivity index (χ4v) is 13.7. The molecule has 0 aromatic carbocycles. The monoisotopic (exact) mass is 415 g/mol. The molecule has 0 unspecified atom stereocenters. The summed E-state index contributed by atoms with van der Waals surface area (Å²) in [5, 5.41) is 3.57. The van der Waals surface area contributed by atoms with Crippen molar-refractivity contribution in [2.75, 3.05) is 13.1 Å². The van der Waals surface area contributed by atoms with Crippen LogP contribution in [0.25, 0.3) is 0 Å². The van der Waals surface area contributed by atoms with E-state index in [1.807, 2.05) is 4.90 Å². The fraction of sp³-hybridized carbons (Fsp3) is 0.952. The van der Waals surface area contributed by atoms with Gasteiger partial charge in [0.2, 0.25) is 0 Å². The second kappa shape index (κ2) is 11.5. The second-order valence-electron chi connectivity index (χ2n) is 9.40. The molecule has 0 spiro atoms. The molecule has 1 fully saturated rings. The van der Waals surface area contributed by atoms with Gasteiger partial charge in [0, 0.05) is 0 Å². The van der Waals surface area contributed by atoms with E-state index in [1.165, 1.54) is 41.4 Å². The van der Waals surface area contributed by atoms with Crippen LogP contribution in [-0.4, -0.2) is 37.7 Å². The first kappa shape index (κ1) is 22.9. The minimum absolute atomic E-state index is 0.0240. The molecule has 0 aromatic rings. The standard InChI is InChI=1S/C21H43GeNO2/c1-18(2)10-13-22(14-11-19(3)4,15-12-20(5)6)25-21(24)23-16-8-7-9-17-23/h18-20H,7-17H2,1-6H3. The first-order valence-electron chi connectivity index (χ1n) is 10.7. The first-order valence-corrected chi connectivity index (χ1v) is 16.0. The average Bonchev–Trinajstić information content (AvgIpc) is 2.56. The van der Waals surface area contributed by atoms with Crippen LogP contribution in [0.4, 0.5) is 4.79 Å². The summed E-state index contributed by atoms with van der Waals surface area (Å²) in [6, 6.07) is 0. The SMILES string of the molecule is CC(C)C[CH2][Ge]([CH2]CC(C)C)([CH2]CC(C)C)[O]C(=O)N1CCCCC1. The van der Waals surface area contributed by atoms with Gasteiger partial charge in [-0.15, -0.1) is 0 Å². The van der Waals surface area contributed by atoms with Crippen molar-refractivity contribution in [1.29, 1.82) is 0 Å². The van der Waals surface area contributed by atoms with E-state index in [0.29, 0.717) is 17.8 Å². The Morgan fingerprint density at radius 2 is 1.20 bits per heavy atom. The normalized spacial score (nSPS) is 16.1. The van der Waals surface area contributed by atoms with Crippen LogP contribution in [0.3, 0.4) is 0 Å². The Morgan fingerprint density at radius 3 is 1.56 bits per heavy atom. The van der Waals surface area contributed by atoms with E-state index in [9.17, 15) is 4.79 Å². The third kappa shape index (κ3) is 9.35. The summed E-state index contributed by atoms with van der Waals surface area (Å²) in [6.07, 6.45) is 7.19. The van der Waals surface area contributed by atoms with Gasteiger partial charge in [-0.3, -0.25) is 0 Å². The van der Waals surface area contributed by atoms with Crippen LogP contribution in [0.2, 0.25) is 15.8 Å². The van der Waals surface area contributed by atoms with Crippen molar-refractivity contribution in [1.82, 2.24) is 4.90 Å². The van der Waals surface area contributed by atoms with Gasteiger partial charge in [0.25, 0.3) is 0 Å². The molecule has 0 saturated carbocycles. The predicted molar refractivity (Wildman–Crippen MR) is 110 cm³/mol. The number of amides is 1. The number of nitrogens with zero attached hydrogens (tertiary/aromatic N) is 1. The molecule has 148 valence electrons. The maximum atomic E-state index is 12.9. The van der Waals surface area contributed by atoms with Gasteiger partial charge in [-0.25, -0.2) is 0 Å². The summed E-state index contributed by atoms with van der Waals surface area (Å²) in [5.74, 6) is 2.07. The van der Waals surface area contributed by atoms with Gasteiger partial charge in [0.15, 0.2) is 0 Å². The molecule has 0 bridgehead atoms. The molecule has 0 N–H and O–H groups in total.